The third-order valence-electron chi connectivity index (χ3n) is 4.50. The Morgan fingerprint density at radius 3 is 2.50 bits per heavy atom. The average molecular weight is 449 g/mol. The maximum atomic E-state index is 12.8. The molecule has 1 aliphatic heterocycles. The molecule has 1 aliphatic rings. The van der Waals surface area contributed by atoms with Gasteiger partial charge in [0.25, 0.3) is 11.8 Å². The smallest absolute Gasteiger partial charge is 0.282 e. The van der Waals surface area contributed by atoms with Crippen LogP contribution in [0.25, 0.3) is 6.08 Å². The quantitative estimate of drug-likeness (QED) is 0.483. The molecule has 8 heteroatoms. The SMILES string of the molecule is COc1cc(C=C2C(=O)NN(c3ccc(Cl)c(Cl)c3)C2=O)ccc1OCCC(C)C. The number of halogens is 2. The van der Waals surface area contributed by atoms with Crippen LogP contribution in [0.5, 0.6) is 11.5 Å². The van der Waals surface area contributed by atoms with E-state index in [1.54, 1.807) is 37.4 Å². The van der Waals surface area contributed by atoms with E-state index in [-0.39, 0.29) is 10.6 Å². The molecule has 1 fully saturated rings. The first kappa shape index (κ1) is 22.0. The zero-order valence-electron chi connectivity index (χ0n) is 16.9. The molecule has 0 spiro atoms. The molecule has 0 atom stereocenters. The van der Waals surface area contributed by atoms with Crippen molar-refractivity contribution in [3.05, 3.63) is 57.6 Å². The summed E-state index contributed by atoms with van der Waals surface area (Å²) in [5, 5.41) is 1.78. The molecule has 2 amide bonds. The van der Waals surface area contributed by atoms with Gasteiger partial charge in [0.15, 0.2) is 11.5 Å². The second-order valence-corrected chi connectivity index (χ2v) is 7.99. The van der Waals surface area contributed by atoms with Crippen LogP contribution in [-0.4, -0.2) is 25.5 Å². The van der Waals surface area contributed by atoms with Gasteiger partial charge in [-0.15, -0.1) is 0 Å². The lowest BCUT2D eigenvalue weighted by Crippen LogP contribution is -2.35. The number of hydrogen-bond acceptors (Lipinski definition) is 4. The molecule has 6 nitrogen and oxygen atoms in total. The fourth-order valence-electron chi connectivity index (χ4n) is 2.83. The van der Waals surface area contributed by atoms with E-state index in [1.165, 1.54) is 12.1 Å². The lowest BCUT2D eigenvalue weighted by Gasteiger charge is -2.15. The highest BCUT2D eigenvalue weighted by Crippen LogP contribution is 2.31. The number of nitrogens with zero attached hydrogens (tertiary/aromatic N) is 1. The fraction of sp³-hybridized carbons (Fsp3) is 0.273. The number of methoxy groups -OCH3 is 1. The number of rotatable bonds is 7. The van der Waals surface area contributed by atoms with Gasteiger partial charge in [-0.1, -0.05) is 43.1 Å². The van der Waals surface area contributed by atoms with Crippen molar-refractivity contribution in [2.75, 3.05) is 18.7 Å². The van der Waals surface area contributed by atoms with Crippen molar-refractivity contribution in [1.82, 2.24) is 5.43 Å². The molecule has 1 heterocycles. The molecule has 3 rings (SSSR count). The van der Waals surface area contributed by atoms with Crippen molar-refractivity contribution in [1.29, 1.82) is 0 Å². The summed E-state index contributed by atoms with van der Waals surface area (Å²) in [5.41, 5.74) is 3.58. The molecule has 0 aliphatic carbocycles. The Morgan fingerprint density at radius 1 is 1.07 bits per heavy atom. The van der Waals surface area contributed by atoms with Gasteiger partial charge in [0, 0.05) is 0 Å². The molecule has 1 N–H and O–H groups in total. The number of benzene rings is 2. The Morgan fingerprint density at radius 2 is 1.83 bits per heavy atom. The maximum Gasteiger partial charge on any atom is 0.282 e. The fourth-order valence-corrected chi connectivity index (χ4v) is 3.12. The highest BCUT2D eigenvalue weighted by atomic mass is 35.5. The van der Waals surface area contributed by atoms with E-state index in [2.05, 4.69) is 19.3 Å². The summed E-state index contributed by atoms with van der Waals surface area (Å²) in [5.74, 6) is 0.669. The number of ether oxygens (including phenoxy) is 2. The van der Waals surface area contributed by atoms with Gasteiger partial charge in [-0.2, -0.15) is 0 Å². The van der Waals surface area contributed by atoms with Crippen LogP contribution in [0.4, 0.5) is 5.69 Å². The summed E-state index contributed by atoms with van der Waals surface area (Å²) >= 11 is 11.9. The Bertz CT molecular complexity index is 1000. The number of anilines is 1. The minimum Gasteiger partial charge on any atom is -0.493 e. The summed E-state index contributed by atoms with van der Waals surface area (Å²) in [6.45, 7) is 4.83. The first-order valence-corrected chi connectivity index (χ1v) is 10.2. The van der Waals surface area contributed by atoms with Gasteiger partial charge in [-0.25, -0.2) is 5.01 Å². The molecular formula is C22H22Cl2N2O4. The minimum atomic E-state index is -0.512. The van der Waals surface area contributed by atoms with Crippen LogP contribution < -0.4 is 19.9 Å². The molecule has 0 bridgehead atoms. The minimum absolute atomic E-state index is 0.00315. The van der Waals surface area contributed by atoms with Crippen LogP contribution in [0.15, 0.2) is 42.0 Å². The van der Waals surface area contributed by atoms with Crippen LogP contribution >= 0.6 is 23.2 Å². The zero-order valence-corrected chi connectivity index (χ0v) is 18.4. The highest BCUT2D eigenvalue weighted by Gasteiger charge is 2.34. The molecule has 1 saturated heterocycles. The normalized spacial score (nSPS) is 15.1. The third kappa shape index (κ3) is 4.89. The van der Waals surface area contributed by atoms with E-state index in [4.69, 9.17) is 32.7 Å². The topological polar surface area (TPSA) is 67.9 Å². The van der Waals surface area contributed by atoms with Gasteiger partial charge < -0.3 is 9.47 Å². The maximum absolute atomic E-state index is 12.8. The second kappa shape index (κ2) is 9.41. The summed E-state index contributed by atoms with van der Waals surface area (Å²) in [7, 11) is 1.54. The monoisotopic (exact) mass is 448 g/mol. The van der Waals surface area contributed by atoms with E-state index in [9.17, 15) is 9.59 Å². The molecule has 30 heavy (non-hydrogen) atoms. The molecule has 2 aromatic rings. The van der Waals surface area contributed by atoms with Crippen molar-refractivity contribution in [3.63, 3.8) is 0 Å². The van der Waals surface area contributed by atoms with Gasteiger partial charge in [0.2, 0.25) is 0 Å². The Labute approximate surface area is 185 Å². The molecule has 0 aromatic heterocycles. The molecular weight excluding hydrogens is 427 g/mol. The summed E-state index contributed by atoms with van der Waals surface area (Å²) in [6, 6.07) is 9.92. The number of hydrazine groups is 1. The van der Waals surface area contributed by atoms with Crippen molar-refractivity contribution in [2.45, 2.75) is 20.3 Å². The van der Waals surface area contributed by atoms with E-state index in [0.29, 0.717) is 40.3 Å². The van der Waals surface area contributed by atoms with Crippen molar-refractivity contribution in [3.8, 4) is 11.5 Å². The summed E-state index contributed by atoms with van der Waals surface area (Å²) in [6.07, 6.45) is 2.43. The molecule has 0 saturated carbocycles. The first-order valence-electron chi connectivity index (χ1n) is 9.43. The lowest BCUT2D eigenvalue weighted by atomic mass is 10.1. The van der Waals surface area contributed by atoms with E-state index >= 15 is 0 Å². The summed E-state index contributed by atoms with van der Waals surface area (Å²) in [4.78, 5) is 25.2. The van der Waals surface area contributed by atoms with E-state index in [1.807, 2.05) is 0 Å². The van der Waals surface area contributed by atoms with Crippen LogP contribution in [-0.2, 0) is 9.59 Å². The largest absolute Gasteiger partial charge is 0.493 e. The molecule has 0 unspecified atom stereocenters. The zero-order chi connectivity index (χ0) is 21.8. The Kier molecular flexibility index (Phi) is 6.90. The summed E-state index contributed by atoms with van der Waals surface area (Å²) < 4.78 is 11.2. The number of carbonyl (C=O) groups excluding carboxylic acids is 2. The third-order valence-corrected chi connectivity index (χ3v) is 5.24. The standard InChI is InChI=1S/C22H22Cl2N2O4/c1-13(2)8-9-30-19-7-4-14(11-20(19)29-3)10-16-21(27)25-26(22(16)28)15-5-6-17(23)18(24)12-15/h4-7,10-13H,8-9H2,1-3H3,(H,25,27). The highest BCUT2D eigenvalue weighted by molar-refractivity contribution is 6.42. The Balaban J connectivity index is 1.82. The average Bonchev–Trinajstić information content (AvgIpc) is 2.99. The van der Waals surface area contributed by atoms with Gasteiger partial charge in [-0.05, 0) is 54.3 Å². The predicted molar refractivity (Wildman–Crippen MR) is 118 cm³/mol. The lowest BCUT2D eigenvalue weighted by molar-refractivity contribution is -0.117. The van der Waals surface area contributed by atoms with Gasteiger partial charge >= 0.3 is 0 Å². The van der Waals surface area contributed by atoms with Gasteiger partial charge in [-0.3, -0.25) is 15.0 Å². The van der Waals surface area contributed by atoms with Crippen LogP contribution in [0, 0.1) is 5.92 Å². The number of carbonyl (C=O) groups is 2. The molecule has 158 valence electrons. The second-order valence-electron chi connectivity index (χ2n) is 7.18. The van der Waals surface area contributed by atoms with Gasteiger partial charge in [0.05, 0.1) is 29.4 Å². The van der Waals surface area contributed by atoms with Crippen molar-refractivity contribution >= 4 is 46.8 Å². The number of hydrogen-bond donors (Lipinski definition) is 1. The Hall–Kier alpha value is -2.70. The first-order chi connectivity index (χ1) is 14.3. The van der Waals surface area contributed by atoms with E-state index in [0.717, 1.165) is 11.4 Å². The number of amides is 2. The van der Waals surface area contributed by atoms with Gasteiger partial charge in [0.1, 0.15) is 5.57 Å². The van der Waals surface area contributed by atoms with Crippen molar-refractivity contribution in [2.24, 2.45) is 5.92 Å². The van der Waals surface area contributed by atoms with Crippen LogP contribution in [0.3, 0.4) is 0 Å². The van der Waals surface area contributed by atoms with E-state index < -0.39 is 11.8 Å². The molecule has 0 radical (unpaired) electrons. The number of nitrogens with one attached hydrogen (secondary N) is 1. The van der Waals surface area contributed by atoms with Crippen LogP contribution in [0.2, 0.25) is 10.0 Å². The van der Waals surface area contributed by atoms with Crippen molar-refractivity contribution < 1.29 is 19.1 Å². The van der Waals surface area contributed by atoms with Crippen LogP contribution in [0.1, 0.15) is 25.8 Å². The predicted octanol–water partition coefficient (Wildman–Crippen LogP) is 4.89. The molecule has 2 aromatic carbocycles.